The standard InChI is InChI=1S/C16H17ClN4O2/c1-23-14-5-4-11(17)8-12(14)20-15-10-18-13(9-19-15)16(22)21-6-2-3-7-21/h4-5,8-10H,2-3,6-7H2,1H3,(H,19,20). The van der Waals surface area contributed by atoms with Crippen molar-refractivity contribution in [1.82, 2.24) is 14.9 Å². The number of hydrogen-bond acceptors (Lipinski definition) is 5. The van der Waals surface area contributed by atoms with Gasteiger partial charge in [0.25, 0.3) is 5.91 Å². The third-order valence-electron chi connectivity index (χ3n) is 3.69. The first-order valence-corrected chi connectivity index (χ1v) is 7.77. The predicted molar refractivity (Wildman–Crippen MR) is 88.5 cm³/mol. The summed E-state index contributed by atoms with van der Waals surface area (Å²) >= 11 is 6.00. The van der Waals surface area contributed by atoms with Gasteiger partial charge in [0.1, 0.15) is 17.3 Å². The second-order valence-corrected chi connectivity index (χ2v) is 5.69. The predicted octanol–water partition coefficient (Wildman–Crippen LogP) is 3.12. The van der Waals surface area contributed by atoms with Crippen molar-refractivity contribution in [3.05, 3.63) is 41.3 Å². The Balaban J connectivity index is 1.75. The molecule has 6 nitrogen and oxygen atoms in total. The summed E-state index contributed by atoms with van der Waals surface area (Å²) in [6.45, 7) is 1.58. The highest BCUT2D eigenvalue weighted by Gasteiger charge is 2.20. The fraction of sp³-hybridized carbons (Fsp3) is 0.312. The minimum atomic E-state index is -0.0677. The third kappa shape index (κ3) is 3.53. The first kappa shape index (κ1) is 15.6. The highest BCUT2D eigenvalue weighted by Crippen LogP contribution is 2.29. The molecular weight excluding hydrogens is 316 g/mol. The molecule has 2 heterocycles. The molecule has 0 bridgehead atoms. The molecule has 1 fully saturated rings. The topological polar surface area (TPSA) is 67.3 Å². The van der Waals surface area contributed by atoms with Crippen LogP contribution < -0.4 is 10.1 Å². The third-order valence-corrected chi connectivity index (χ3v) is 3.92. The fourth-order valence-electron chi connectivity index (χ4n) is 2.50. The minimum absolute atomic E-state index is 0.0677. The van der Waals surface area contributed by atoms with E-state index in [2.05, 4.69) is 15.3 Å². The zero-order chi connectivity index (χ0) is 16.2. The molecular formula is C16H17ClN4O2. The van der Waals surface area contributed by atoms with Crippen LogP contribution >= 0.6 is 11.6 Å². The van der Waals surface area contributed by atoms with Crippen LogP contribution in [0.2, 0.25) is 5.02 Å². The van der Waals surface area contributed by atoms with E-state index in [1.165, 1.54) is 12.4 Å². The lowest BCUT2D eigenvalue weighted by atomic mass is 10.3. The molecule has 2 aromatic rings. The normalized spacial score (nSPS) is 13.9. The number of likely N-dealkylation sites (tertiary alicyclic amines) is 1. The van der Waals surface area contributed by atoms with Crippen LogP contribution in [0, 0.1) is 0 Å². The lowest BCUT2D eigenvalue weighted by Gasteiger charge is -2.14. The number of anilines is 2. The number of methoxy groups -OCH3 is 1. The second-order valence-electron chi connectivity index (χ2n) is 5.26. The van der Waals surface area contributed by atoms with Crippen molar-refractivity contribution in [2.45, 2.75) is 12.8 Å². The number of ether oxygens (including phenoxy) is 1. The second kappa shape index (κ2) is 6.83. The van der Waals surface area contributed by atoms with Crippen LogP contribution in [0.15, 0.2) is 30.6 Å². The van der Waals surface area contributed by atoms with Gasteiger partial charge in [-0.05, 0) is 31.0 Å². The molecule has 120 valence electrons. The fourth-order valence-corrected chi connectivity index (χ4v) is 2.67. The van der Waals surface area contributed by atoms with Gasteiger partial charge in [-0.15, -0.1) is 0 Å². The van der Waals surface area contributed by atoms with Crippen molar-refractivity contribution in [2.24, 2.45) is 0 Å². The van der Waals surface area contributed by atoms with Crippen LogP contribution in [-0.4, -0.2) is 41.0 Å². The van der Waals surface area contributed by atoms with Crippen molar-refractivity contribution in [3.63, 3.8) is 0 Å². The van der Waals surface area contributed by atoms with Gasteiger partial charge in [0.2, 0.25) is 0 Å². The van der Waals surface area contributed by atoms with E-state index in [1.807, 2.05) is 0 Å². The largest absolute Gasteiger partial charge is 0.495 e. The molecule has 23 heavy (non-hydrogen) atoms. The van der Waals surface area contributed by atoms with Gasteiger partial charge in [-0.3, -0.25) is 4.79 Å². The van der Waals surface area contributed by atoms with E-state index in [-0.39, 0.29) is 5.91 Å². The zero-order valence-corrected chi connectivity index (χ0v) is 13.5. The smallest absolute Gasteiger partial charge is 0.274 e. The van der Waals surface area contributed by atoms with Gasteiger partial charge < -0.3 is 15.0 Å². The van der Waals surface area contributed by atoms with Crippen LogP contribution in [-0.2, 0) is 0 Å². The zero-order valence-electron chi connectivity index (χ0n) is 12.8. The van der Waals surface area contributed by atoms with E-state index in [0.717, 1.165) is 25.9 Å². The van der Waals surface area contributed by atoms with Crippen molar-refractivity contribution < 1.29 is 9.53 Å². The van der Waals surface area contributed by atoms with E-state index in [4.69, 9.17) is 16.3 Å². The number of rotatable bonds is 4. The summed E-state index contributed by atoms with van der Waals surface area (Å²) in [5.41, 5.74) is 1.04. The molecule has 1 aliphatic rings. The van der Waals surface area contributed by atoms with Gasteiger partial charge in [0.15, 0.2) is 0 Å². The van der Waals surface area contributed by atoms with Crippen LogP contribution in [0.5, 0.6) is 5.75 Å². The number of nitrogens with one attached hydrogen (secondary N) is 1. The van der Waals surface area contributed by atoms with Crippen LogP contribution in [0.4, 0.5) is 11.5 Å². The van der Waals surface area contributed by atoms with Gasteiger partial charge in [-0.1, -0.05) is 11.6 Å². The Morgan fingerprint density at radius 3 is 2.70 bits per heavy atom. The number of carbonyl (C=O) groups is 1. The summed E-state index contributed by atoms with van der Waals surface area (Å²) < 4.78 is 5.27. The highest BCUT2D eigenvalue weighted by molar-refractivity contribution is 6.31. The van der Waals surface area contributed by atoms with Crippen LogP contribution in [0.25, 0.3) is 0 Å². The van der Waals surface area contributed by atoms with Gasteiger partial charge in [0.05, 0.1) is 25.2 Å². The average Bonchev–Trinajstić information content (AvgIpc) is 3.10. The van der Waals surface area contributed by atoms with Crippen LogP contribution in [0.3, 0.4) is 0 Å². The first-order valence-electron chi connectivity index (χ1n) is 7.39. The van der Waals surface area contributed by atoms with E-state index >= 15 is 0 Å². The van der Waals surface area contributed by atoms with Gasteiger partial charge in [0, 0.05) is 18.1 Å². The number of benzene rings is 1. The Hall–Kier alpha value is -2.34. The molecule has 0 spiro atoms. The molecule has 0 aliphatic carbocycles. The molecule has 1 aromatic carbocycles. The maximum atomic E-state index is 12.2. The Labute approximate surface area is 139 Å². The molecule has 7 heteroatoms. The van der Waals surface area contributed by atoms with Crippen molar-refractivity contribution in [2.75, 3.05) is 25.5 Å². The lowest BCUT2D eigenvalue weighted by molar-refractivity contribution is 0.0786. The van der Waals surface area contributed by atoms with E-state index in [0.29, 0.717) is 28.0 Å². The molecule has 1 aliphatic heterocycles. The summed E-state index contributed by atoms with van der Waals surface area (Å²) in [5.74, 6) is 1.10. The SMILES string of the molecule is COc1ccc(Cl)cc1Nc1cnc(C(=O)N2CCCC2)cn1. The highest BCUT2D eigenvalue weighted by atomic mass is 35.5. The van der Waals surface area contributed by atoms with Gasteiger partial charge >= 0.3 is 0 Å². The molecule has 1 aromatic heterocycles. The average molecular weight is 333 g/mol. The summed E-state index contributed by atoms with van der Waals surface area (Å²) in [6.07, 6.45) is 5.12. The van der Waals surface area contributed by atoms with E-state index in [9.17, 15) is 4.79 Å². The van der Waals surface area contributed by atoms with Gasteiger partial charge in [-0.25, -0.2) is 9.97 Å². The number of hydrogen-bond donors (Lipinski definition) is 1. The van der Waals surface area contributed by atoms with Crippen molar-refractivity contribution in [1.29, 1.82) is 0 Å². The molecule has 1 amide bonds. The minimum Gasteiger partial charge on any atom is -0.495 e. The summed E-state index contributed by atoms with van der Waals surface area (Å²) in [4.78, 5) is 22.5. The summed E-state index contributed by atoms with van der Waals surface area (Å²) in [6, 6.07) is 5.25. The first-order chi connectivity index (χ1) is 11.2. The van der Waals surface area contributed by atoms with E-state index < -0.39 is 0 Å². The van der Waals surface area contributed by atoms with E-state index in [1.54, 1.807) is 30.2 Å². The maximum Gasteiger partial charge on any atom is 0.274 e. The number of halogens is 1. The number of nitrogens with zero attached hydrogens (tertiary/aromatic N) is 3. The molecule has 3 rings (SSSR count). The number of amides is 1. The molecule has 1 saturated heterocycles. The Kier molecular flexibility index (Phi) is 4.62. The quantitative estimate of drug-likeness (QED) is 0.931. The molecule has 0 radical (unpaired) electrons. The number of aromatic nitrogens is 2. The molecule has 0 saturated carbocycles. The molecule has 0 atom stereocenters. The Morgan fingerprint density at radius 1 is 1.26 bits per heavy atom. The summed E-state index contributed by atoms with van der Waals surface area (Å²) in [7, 11) is 1.58. The number of carbonyl (C=O) groups excluding carboxylic acids is 1. The Morgan fingerprint density at radius 2 is 2.04 bits per heavy atom. The van der Waals surface area contributed by atoms with Crippen molar-refractivity contribution in [3.8, 4) is 5.75 Å². The maximum absolute atomic E-state index is 12.2. The van der Waals surface area contributed by atoms with Crippen molar-refractivity contribution >= 4 is 29.0 Å². The Bertz CT molecular complexity index is 700. The summed E-state index contributed by atoms with van der Waals surface area (Å²) in [5, 5.41) is 3.68. The molecule has 1 N–H and O–H groups in total. The monoisotopic (exact) mass is 332 g/mol. The van der Waals surface area contributed by atoms with Crippen LogP contribution in [0.1, 0.15) is 23.3 Å². The lowest BCUT2D eigenvalue weighted by Crippen LogP contribution is -2.28. The van der Waals surface area contributed by atoms with Gasteiger partial charge in [-0.2, -0.15) is 0 Å². The molecule has 0 unspecified atom stereocenters.